The molecule has 1 aliphatic rings. The standard InChI is InChI=1S/C14H20FN3O4/c15-12-7-10(18(14(20)21)9-11(19)8-16)1-2-13(12)17-3-5-22-6-4-17/h1-2,7,11,19H,3-6,8-9,16H2,(H,20,21)/t11-/m1/s1. The number of carbonyl (C=O) groups is 1. The third-order valence-electron chi connectivity index (χ3n) is 3.49. The van der Waals surface area contributed by atoms with Crippen molar-refractivity contribution in [3.05, 3.63) is 24.0 Å². The molecule has 1 heterocycles. The number of morpholine rings is 1. The molecule has 22 heavy (non-hydrogen) atoms. The Bertz CT molecular complexity index is 523. The fourth-order valence-electron chi connectivity index (χ4n) is 2.30. The van der Waals surface area contributed by atoms with Crippen LogP contribution < -0.4 is 15.5 Å². The number of benzene rings is 1. The van der Waals surface area contributed by atoms with E-state index in [1.165, 1.54) is 6.07 Å². The number of hydrogen-bond acceptors (Lipinski definition) is 5. The van der Waals surface area contributed by atoms with Crippen LogP contribution in [0.2, 0.25) is 0 Å². The first-order chi connectivity index (χ1) is 10.5. The Morgan fingerprint density at radius 3 is 2.68 bits per heavy atom. The lowest BCUT2D eigenvalue weighted by Gasteiger charge is -2.30. The van der Waals surface area contributed by atoms with Crippen molar-refractivity contribution in [2.45, 2.75) is 6.10 Å². The number of halogens is 1. The molecule has 0 aromatic heterocycles. The van der Waals surface area contributed by atoms with Gasteiger partial charge in [0.15, 0.2) is 0 Å². The Labute approximate surface area is 127 Å². The minimum absolute atomic E-state index is 0.0713. The molecule has 1 atom stereocenters. The van der Waals surface area contributed by atoms with Crippen LogP contribution >= 0.6 is 0 Å². The Kier molecular flexibility index (Phi) is 5.53. The maximum absolute atomic E-state index is 14.3. The molecule has 0 saturated carbocycles. The van der Waals surface area contributed by atoms with Crippen molar-refractivity contribution < 1.29 is 24.1 Å². The number of ether oxygens (including phenoxy) is 1. The Morgan fingerprint density at radius 1 is 1.45 bits per heavy atom. The molecule has 1 amide bonds. The lowest BCUT2D eigenvalue weighted by molar-refractivity contribution is 0.122. The van der Waals surface area contributed by atoms with Gasteiger partial charge < -0.3 is 25.6 Å². The molecule has 1 aromatic rings. The van der Waals surface area contributed by atoms with E-state index in [-0.39, 0.29) is 18.8 Å². The maximum atomic E-state index is 14.3. The van der Waals surface area contributed by atoms with E-state index >= 15 is 0 Å². The van der Waals surface area contributed by atoms with E-state index in [2.05, 4.69) is 0 Å². The Hall–Kier alpha value is -1.90. The minimum Gasteiger partial charge on any atom is -0.465 e. The molecule has 0 spiro atoms. The summed E-state index contributed by atoms with van der Waals surface area (Å²) >= 11 is 0. The molecule has 1 saturated heterocycles. The van der Waals surface area contributed by atoms with E-state index in [4.69, 9.17) is 10.5 Å². The molecule has 8 heteroatoms. The minimum atomic E-state index is -1.27. The van der Waals surface area contributed by atoms with Gasteiger partial charge >= 0.3 is 6.09 Å². The average molecular weight is 313 g/mol. The number of anilines is 2. The van der Waals surface area contributed by atoms with Gasteiger partial charge in [-0.05, 0) is 18.2 Å². The van der Waals surface area contributed by atoms with Gasteiger partial charge in [-0.1, -0.05) is 0 Å². The molecule has 7 nitrogen and oxygen atoms in total. The molecule has 0 aliphatic carbocycles. The van der Waals surface area contributed by atoms with Crippen molar-refractivity contribution in [1.29, 1.82) is 0 Å². The maximum Gasteiger partial charge on any atom is 0.411 e. The van der Waals surface area contributed by atoms with E-state index in [9.17, 15) is 19.4 Å². The molecule has 0 radical (unpaired) electrons. The van der Waals surface area contributed by atoms with Crippen molar-refractivity contribution in [2.75, 3.05) is 49.2 Å². The normalized spacial score (nSPS) is 16.4. The molecule has 1 aromatic carbocycles. The summed E-state index contributed by atoms with van der Waals surface area (Å²) in [6, 6.07) is 4.22. The van der Waals surface area contributed by atoms with Gasteiger partial charge in [0.2, 0.25) is 0 Å². The number of hydrogen-bond donors (Lipinski definition) is 3. The van der Waals surface area contributed by atoms with Crippen molar-refractivity contribution >= 4 is 17.5 Å². The van der Waals surface area contributed by atoms with Gasteiger partial charge in [-0.15, -0.1) is 0 Å². The van der Waals surface area contributed by atoms with Gasteiger partial charge in [-0.25, -0.2) is 9.18 Å². The summed E-state index contributed by atoms with van der Waals surface area (Å²) in [4.78, 5) is 14.0. The zero-order valence-electron chi connectivity index (χ0n) is 12.1. The van der Waals surface area contributed by atoms with Gasteiger partial charge in [0.05, 0.1) is 37.2 Å². The van der Waals surface area contributed by atoms with Crippen LogP contribution in [0.4, 0.5) is 20.6 Å². The van der Waals surface area contributed by atoms with E-state index in [0.29, 0.717) is 32.0 Å². The zero-order chi connectivity index (χ0) is 16.1. The quantitative estimate of drug-likeness (QED) is 0.731. The molecule has 2 rings (SSSR count). The van der Waals surface area contributed by atoms with Crippen molar-refractivity contribution in [2.24, 2.45) is 5.73 Å². The molecular formula is C14H20FN3O4. The van der Waals surface area contributed by atoms with Crippen LogP contribution in [-0.2, 0) is 4.74 Å². The van der Waals surface area contributed by atoms with E-state index in [0.717, 1.165) is 11.0 Å². The van der Waals surface area contributed by atoms with Crippen LogP contribution in [0.5, 0.6) is 0 Å². The molecular weight excluding hydrogens is 293 g/mol. The predicted molar refractivity (Wildman–Crippen MR) is 79.9 cm³/mol. The van der Waals surface area contributed by atoms with E-state index in [1.807, 2.05) is 4.90 Å². The fourth-order valence-corrected chi connectivity index (χ4v) is 2.30. The Morgan fingerprint density at radius 2 is 2.14 bits per heavy atom. The largest absolute Gasteiger partial charge is 0.465 e. The summed E-state index contributed by atoms with van der Waals surface area (Å²) < 4.78 is 19.5. The SMILES string of the molecule is NC[C@@H](O)CN(C(=O)O)c1ccc(N2CCOCC2)c(F)c1. The second-order valence-electron chi connectivity index (χ2n) is 5.02. The second-order valence-corrected chi connectivity index (χ2v) is 5.02. The lowest BCUT2D eigenvalue weighted by atomic mass is 10.2. The average Bonchev–Trinajstić information content (AvgIpc) is 2.52. The number of rotatable bonds is 5. The number of aliphatic hydroxyl groups is 1. The van der Waals surface area contributed by atoms with Crippen LogP contribution in [0.3, 0.4) is 0 Å². The third-order valence-corrected chi connectivity index (χ3v) is 3.49. The molecule has 1 fully saturated rings. The highest BCUT2D eigenvalue weighted by Gasteiger charge is 2.21. The van der Waals surface area contributed by atoms with E-state index in [1.54, 1.807) is 6.07 Å². The van der Waals surface area contributed by atoms with Crippen LogP contribution in [0.25, 0.3) is 0 Å². The highest BCUT2D eigenvalue weighted by molar-refractivity contribution is 5.86. The highest BCUT2D eigenvalue weighted by Crippen LogP contribution is 2.26. The van der Waals surface area contributed by atoms with Gasteiger partial charge in [0.25, 0.3) is 0 Å². The van der Waals surface area contributed by atoms with Gasteiger partial charge in [-0.3, -0.25) is 4.90 Å². The monoisotopic (exact) mass is 313 g/mol. The summed E-state index contributed by atoms with van der Waals surface area (Å²) in [5.41, 5.74) is 5.86. The predicted octanol–water partition coefficient (Wildman–Crippen LogP) is 0.466. The number of nitrogens with zero attached hydrogens (tertiary/aromatic N) is 2. The Balaban J connectivity index is 2.20. The zero-order valence-corrected chi connectivity index (χ0v) is 12.1. The van der Waals surface area contributed by atoms with Crippen molar-refractivity contribution in [1.82, 2.24) is 0 Å². The van der Waals surface area contributed by atoms with Crippen molar-refractivity contribution in [3.63, 3.8) is 0 Å². The van der Waals surface area contributed by atoms with Gasteiger partial charge in [0, 0.05) is 19.6 Å². The molecule has 0 unspecified atom stereocenters. The van der Waals surface area contributed by atoms with Crippen LogP contribution in [0, 0.1) is 5.82 Å². The number of nitrogens with two attached hydrogens (primary N) is 1. The summed E-state index contributed by atoms with van der Waals surface area (Å²) in [7, 11) is 0. The van der Waals surface area contributed by atoms with Crippen molar-refractivity contribution in [3.8, 4) is 0 Å². The van der Waals surface area contributed by atoms with Crippen LogP contribution in [-0.4, -0.2) is 61.8 Å². The van der Waals surface area contributed by atoms with Gasteiger partial charge in [0.1, 0.15) is 5.82 Å². The first-order valence-electron chi connectivity index (χ1n) is 7.03. The lowest BCUT2D eigenvalue weighted by Crippen LogP contribution is -2.40. The number of amides is 1. The smallest absolute Gasteiger partial charge is 0.411 e. The topological polar surface area (TPSA) is 99.3 Å². The van der Waals surface area contributed by atoms with Gasteiger partial charge in [-0.2, -0.15) is 0 Å². The first kappa shape index (κ1) is 16.5. The summed E-state index contributed by atoms with van der Waals surface area (Å²) in [5.74, 6) is -0.507. The van der Waals surface area contributed by atoms with Crippen LogP contribution in [0.15, 0.2) is 18.2 Å². The highest BCUT2D eigenvalue weighted by atomic mass is 19.1. The molecule has 4 N–H and O–H groups in total. The molecule has 122 valence electrons. The third kappa shape index (κ3) is 3.85. The molecule has 0 bridgehead atoms. The summed E-state index contributed by atoms with van der Waals surface area (Å²) in [6.45, 7) is 1.96. The first-order valence-corrected chi connectivity index (χ1v) is 7.03. The summed E-state index contributed by atoms with van der Waals surface area (Å²) in [5, 5.41) is 18.7. The second kappa shape index (κ2) is 7.39. The summed E-state index contributed by atoms with van der Waals surface area (Å²) in [6.07, 6.45) is -2.27. The number of aliphatic hydroxyl groups excluding tert-OH is 1. The van der Waals surface area contributed by atoms with E-state index < -0.39 is 18.0 Å². The van der Waals surface area contributed by atoms with Crippen LogP contribution in [0.1, 0.15) is 0 Å². The fraction of sp³-hybridized carbons (Fsp3) is 0.500. The molecule has 1 aliphatic heterocycles. The number of carboxylic acid groups (broad SMARTS) is 1.